The van der Waals surface area contributed by atoms with E-state index in [2.05, 4.69) is 0 Å². The summed E-state index contributed by atoms with van der Waals surface area (Å²) in [6.45, 7) is -0.382. The third-order valence-corrected chi connectivity index (χ3v) is 4.50. The predicted octanol–water partition coefficient (Wildman–Crippen LogP) is 4.67. The first-order valence-corrected chi connectivity index (χ1v) is 9.10. The van der Waals surface area contributed by atoms with E-state index in [-0.39, 0.29) is 13.2 Å². The molecular weight excluding hydrogens is 379 g/mol. The molecule has 3 aromatic rings. The number of benzene rings is 3. The minimum Gasteiger partial charge on any atom is -0.359 e. The first-order valence-electron chi connectivity index (χ1n) is 9.10. The largest absolute Gasteiger partial charge is 0.471 e. The predicted molar refractivity (Wildman–Crippen MR) is 104 cm³/mol. The van der Waals surface area contributed by atoms with Gasteiger partial charge in [0.1, 0.15) is 5.60 Å². The van der Waals surface area contributed by atoms with Crippen LogP contribution in [0.15, 0.2) is 91.0 Å². The van der Waals surface area contributed by atoms with Gasteiger partial charge < -0.3 is 10.1 Å². The molecule has 29 heavy (non-hydrogen) atoms. The highest BCUT2D eigenvalue weighted by atomic mass is 19.4. The van der Waals surface area contributed by atoms with Gasteiger partial charge in [0.05, 0.1) is 6.61 Å². The molecule has 0 aliphatic heterocycles. The molecule has 3 rings (SSSR count). The molecule has 0 bridgehead atoms. The fourth-order valence-electron chi connectivity index (χ4n) is 3.24. The van der Waals surface area contributed by atoms with Crippen LogP contribution in [-0.4, -0.2) is 25.2 Å². The van der Waals surface area contributed by atoms with E-state index >= 15 is 0 Å². The summed E-state index contributed by atoms with van der Waals surface area (Å²) in [7, 11) is 0. The van der Waals surface area contributed by atoms with E-state index in [1.807, 2.05) is 96.3 Å². The molecule has 0 saturated carbocycles. The van der Waals surface area contributed by atoms with Crippen molar-refractivity contribution >= 4 is 5.91 Å². The number of amides is 1. The molecular formula is C23H20F3NO2. The maximum Gasteiger partial charge on any atom is 0.471 e. The molecule has 6 heteroatoms. The maximum absolute atomic E-state index is 12.5. The van der Waals surface area contributed by atoms with Crippen LogP contribution in [0.2, 0.25) is 0 Å². The van der Waals surface area contributed by atoms with E-state index in [0.717, 1.165) is 16.7 Å². The fraction of sp³-hybridized carbons (Fsp3) is 0.174. The van der Waals surface area contributed by atoms with Gasteiger partial charge in [-0.15, -0.1) is 0 Å². The third kappa shape index (κ3) is 4.66. The lowest BCUT2D eigenvalue weighted by molar-refractivity contribution is -0.173. The highest BCUT2D eigenvalue weighted by Gasteiger charge is 2.39. The second-order valence-corrected chi connectivity index (χ2v) is 6.38. The number of hydrogen-bond acceptors (Lipinski definition) is 2. The van der Waals surface area contributed by atoms with Gasteiger partial charge in [-0.2, -0.15) is 13.2 Å². The Kier molecular flexibility index (Phi) is 6.34. The smallest absolute Gasteiger partial charge is 0.359 e. The Balaban J connectivity index is 1.98. The van der Waals surface area contributed by atoms with E-state index < -0.39 is 17.7 Å². The van der Waals surface area contributed by atoms with Crippen LogP contribution in [0.5, 0.6) is 0 Å². The summed E-state index contributed by atoms with van der Waals surface area (Å²) >= 11 is 0. The van der Waals surface area contributed by atoms with E-state index in [0.29, 0.717) is 0 Å². The number of nitrogens with one attached hydrogen (secondary N) is 1. The summed E-state index contributed by atoms with van der Waals surface area (Å²) in [6, 6.07) is 28.4. The average molecular weight is 399 g/mol. The van der Waals surface area contributed by atoms with Crippen molar-refractivity contribution in [1.29, 1.82) is 0 Å². The van der Waals surface area contributed by atoms with Crippen LogP contribution in [0.3, 0.4) is 0 Å². The van der Waals surface area contributed by atoms with Crippen molar-refractivity contribution in [1.82, 2.24) is 5.32 Å². The lowest BCUT2D eigenvalue weighted by Gasteiger charge is -2.36. The average Bonchev–Trinajstić information content (AvgIpc) is 2.75. The molecule has 0 fully saturated rings. The van der Waals surface area contributed by atoms with Crippen LogP contribution < -0.4 is 5.32 Å². The van der Waals surface area contributed by atoms with Crippen molar-refractivity contribution in [3.63, 3.8) is 0 Å². The number of hydrogen-bond donors (Lipinski definition) is 1. The molecule has 1 N–H and O–H groups in total. The summed E-state index contributed by atoms with van der Waals surface area (Å²) in [5.74, 6) is -1.98. The van der Waals surface area contributed by atoms with Gasteiger partial charge in [-0.25, -0.2) is 0 Å². The quantitative estimate of drug-likeness (QED) is 0.463. The summed E-state index contributed by atoms with van der Waals surface area (Å²) in [6.07, 6.45) is -4.92. The van der Waals surface area contributed by atoms with Crippen LogP contribution in [0, 0.1) is 0 Å². The van der Waals surface area contributed by atoms with Crippen molar-refractivity contribution in [3.05, 3.63) is 108 Å². The van der Waals surface area contributed by atoms with Crippen molar-refractivity contribution < 1.29 is 22.7 Å². The maximum atomic E-state index is 12.5. The molecule has 0 unspecified atom stereocenters. The number of carbonyl (C=O) groups is 1. The Morgan fingerprint density at radius 1 is 0.724 bits per heavy atom. The SMILES string of the molecule is O=C(NCCOC(c1ccccc1)(c1ccccc1)c1ccccc1)C(F)(F)F. The van der Waals surface area contributed by atoms with Gasteiger partial charge in [0.25, 0.3) is 0 Å². The van der Waals surface area contributed by atoms with Gasteiger partial charge in [0.15, 0.2) is 0 Å². The number of halogens is 3. The third-order valence-electron chi connectivity index (χ3n) is 4.50. The highest BCUT2D eigenvalue weighted by molar-refractivity contribution is 5.81. The van der Waals surface area contributed by atoms with Crippen molar-refractivity contribution in [2.45, 2.75) is 11.8 Å². The fourth-order valence-corrected chi connectivity index (χ4v) is 3.24. The molecule has 0 radical (unpaired) electrons. The molecule has 0 heterocycles. The van der Waals surface area contributed by atoms with Gasteiger partial charge in [0.2, 0.25) is 0 Å². The van der Waals surface area contributed by atoms with E-state index in [4.69, 9.17) is 4.74 Å². The lowest BCUT2D eigenvalue weighted by Crippen LogP contribution is -2.40. The van der Waals surface area contributed by atoms with Crippen LogP contribution in [0.25, 0.3) is 0 Å². The topological polar surface area (TPSA) is 38.3 Å². The Morgan fingerprint density at radius 2 is 1.10 bits per heavy atom. The molecule has 0 saturated heterocycles. The van der Waals surface area contributed by atoms with Crippen molar-refractivity contribution in [2.24, 2.45) is 0 Å². The molecule has 0 aliphatic carbocycles. The molecule has 3 nitrogen and oxygen atoms in total. The summed E-state index contributed by atoms with van der Waals surface area (Å²) in [4.78, 5) is 11.1. The highest BCUT2D eigenvalue weighted by Crippen LogP contribution is 2.40. The molecule has 0 aromatic heterocycles. The first kappa shape index (κ1) is 20.6. The normalized spacial score (nSPS) is 11.8. The zero-order valence-corrected chi connectivity index (χ0v) is 15.5. The van der Waals surface area contributed by atoms with Crippen LogP contribution in [0.1, 0.15) is 16.7 Å². The first-order chi connectivity index (χ1) is 13.9. The number of carbonyl (C=O) groups excluding carboxylic acids is 1. The molecule has 0 aliphatic rings. The Hall–Kier alpha value is -3.12. The minimum atomic E-state index is -4.92. The van der Waals surface area contributed by atoms with Gasteiger partial charge in [0, 0.05) is 6.54 Å². The zero-order valence-electron chi connectivity index (χ0n) is 15.5. The van der Waals surface area contributed by atoms with E-state index in [1.165, 1.54) is 0 Å². The molecule has 0 atom stereocenters. The Morgan fingerprint density at radius 3 is 1.45 bits per heavy atom. The molecule has 1 amide bonds. The molecule has 3 aromatic carbocycles. The molecule has 0 spiro atoms. The van der Waals surface area contributed by atoms with E-state index in [9.17, 15) is 18.0 Å². The van der Waals surface area contributed by atoms with Gasteiger partial charge in [-0.1, -0.05) is 91.0 Å². The monoisotopic (exact) mass is 399 g/mol. The summed E-state index contributed by atoms with van der Waals surface area (Å²) in [5.41, 5.74) is 1.46. The van der Waals surface area contributed by atoms with Gasteiger partial charge in [-0.3, -0.25) is 4.79 Å². The van der Waals surface area contributed by atoms with Crippen molar-refractivity contribution in [3.8, 4) is 0 Å². The second kappa shape index (κ2) is 8.92. The summed E-state index contributed by atoms with van der Waals surface area (Å²) < 4.78 is 43.6. The van der Waals surface area contributed by atoms with Crippen molar-refractivity contribution in [2.75, 3.05) is 13.2 Å². The Labute approximate surface area is 167 Å². The van der Waals surface area contributed by atoms with Gasteiger partial charge >= 0.3 is 12.1 Å². The standard InChI is InChI=1S/C23H20F3NO2/c24-23(25,26)21(28)27-16-17-29-22(18-10-4-1-5-11-18,19-12-6-2-7-13-19)20-14-8-3-9-15-20/h1-15H,16-17H2,(H,27,28). The van der Waals surface area contributed by atoms with Crippen LogP contribution in [-0.2, 0) is 15.1 Å². The number of ether oxygens (including phenoxy) is 1. The van der Waals surface area contributed by atoms with Crippen LogP contribution in [0.4, 0.5) is 13.2 Å². The number of rotatable bonds is 7. The van der Waals surface area contributed by atoms with E-state index in [1.54, 1.807) is 0 Å². The summed E-state index contributed by atoms with van der Waals surface area (Å²) in [5, 5.41) is 1.86. The van der Waals surface area contributed by atoms with Crippen LogP contribution >= 0.6 is 0 Å². The molecule has 150 valence electrons. The lowest BCUT2D eigenvalue weighted by atomic mass is 9.80. The zero-order chi connectivity index (χ0) is 20.7. The van der Waals surface area contributed by atoms with Gasteiger partial charge in [-0.05, 0) is 16.7 Å². The number of alkyl halides is 3. The second-order valence-electron chi connectivity index (χ2n) is 6.38. The minimum absolute atomic E-state index is 0.111. The Bertz CT molecular complexity index is 816.